The second kappa shape index (κ2) is 10.3. The van der Waals surface area contributed by atoms with Crippen molar-refractivity contribution in [2.24, 2.45) is 11.8 Å². The average molecular weight is 600 g/mol. The number of rotatable bonds is 7. The van der Waals surface area contributed by atoms with Crippen LogP contribution in [0.2, 0.25) is 0 Å². The second-order valence-corrected chi connectivity index (χ2v) is 13.6. The van der Waals surface area contributed by atoms with Crippen LogP contribution in [-0.4, -0.2) is 79.3 Å². The molecule has 3 N–H and O–H groups in total. The number of carbonyl (C=O) groups is 1. The van der Waals surface area contributed by atoms with Gasteiger partial charge in [0.1, 0.15) is 11.7 Å². The van der Waals surface area contributed by atoms with Crippen molar-refractivity contribution in [3.63, 3.8) is 0 Å². The Morgan fingerprint density at radius 2 is 1.95 bits per heavy atom. The van der Waals surface area contributed by atoms with Gasteiger partial charge in [-0.05, 0) is 69.7 Å². The fourth-order valence-corrected chi connectivity index (χ4v) is 7.21. The Morgan fingerprint density at radius 3 is 2.63 bits per heavy atom. The van der Waals surface area contributed by atoms with Crippen molar-refractivity contribution in [3.05, 3.63) is 42.2 Å². The van der Waals surface area contributed by atoms with E-state index in [0.717, 1.165) is 64.2 Å². The van der Waals surface area contributed by atoms with Crippen LogP contribution in [0.25, 0.3) is 27.5 Å². The zero-order valence-corrected chi connectivity index (χ0v) is 25.1. The Labute approximate surface area is 252 Å². The van der Waals surface area contributed by atoms with Crippen molar-refractivity contribution in [1.29, 1.82) is 5.26 Å². The van der Waals surface area contributed by atoms with Gasteiger partial charge in [0, 0.05) is 31.0 Å². The van der Waals surface area contributed by atoms with E-state index in [1.54, 1.807) is 16.8 Å². The first kappa shape index (κ1) is 27.7. The van der Waals surface area contributed by atoms with Crippen LogP contribution >= 0.6 is 11.3 Å². The number of fused-ring (bicyclic) bond motifs is 3. The van der Waals surface area contributed by atoms with Crippen LogP contribution in [0.3, 0.4) is 0 Å². The molecule has 2 saturated heterocycles. The quantitative estimate of drug-likeness (QED) is 0.289. The summed E-state index contributed by atoms with van der Waals surface area (Å²) in [4.78, 5) is 19.6. The number of nitrogens with one attached hydrogen (secondary N) is 2. The number of hydrogen-bond acceptors (Lipinski definition) is 11. The molecule has 0 spiro atoms. The summed E-state index contributed by atoms with van der Waals surface area (Å²) in [6.45, 7) is 7.92. The molecule has 13 heteroatoms. The maximum absolute atomic E-state index is 12.5. The number of nitriles is 1. The lowest BCUT2D eigenvalue weighted by atomic mass is 9.91. The molecule has 1 saturated carbocycles. The lowest BCUT2D eigenvalue weighted by molar-refractivity contribution is -0.137. The summed E-state index contributed by atoms with van der Waals surface area (Å²) in [5.74, 6) is 0.270. The van der Waals surface area contributed by atoms with E-state index in [1.165, 1.54) is 25.2 Å². The average Bonchev–Trinajstić information content (AvgIpc) is 3.67. The summed E-state index contributed by atoms with van der Waals surface area (Å²) in [6.07, 6.45) is 5.45. The molecule has 0 aromatic carbocycles. The first-order valence-electron chi connectivity index (χ1n) is 14.5. The predicted octanol–water partition coefficient (Wildman–Crippen LogP) is 3.09. The van der Waals surface area contributed by atoms with Gasteiger partial charge < -0.3 is 25.4 Å². The van der Waals surface area contributed by atoms with E-state index in [0.29, 0.717) is 30.6 Å². The van der Waals surface area contributed by atoms with Crippen LogP contribution in [-0.2, 0) is 9.53 Å². The van der Waals surface area contributed by atoms with Crippen LogP contribution in [0.15, 0.2) is 36.7 Å². The van der Waals surface area contributed by atoms with E-state index in [2.05, 4.69) is 43.8 Å². The highest BCUT2D eigenvalue weighted by molar-refractivity contribution is 7.18. The standard InChI is InChI=1S/C30H33N9O3S/c1-29(2,41)27(40)34-25-18-4-5-19(25)14-38(13-18)28-37-36-26(43-28)21-12-32-23(9-22(21)35-30(3)15-42-16-30)24-7-6-20-8-17(10-31)11-33-39(20)24/h6-9,11-12,18-19,25,41H,4-5,13-16H2,1-3H3,(H,32,35)(H,34,40)/t18-,19+,25?. The van der Waals surface area contributed by atoms with Crippen LogP contribution in [0.4, 0.5) is 10.8 Å². The van der Waals surface area contributed by atoms with Crippen molar-refractivity contribution in [3.8, 4) is 28.0 Å². The second-order valence-electron chi connectivity index (χ2n) is 12.7. The van der Waals surface area contributed by atoms with Crippen LogP contribution in [0, 0.1) is 23.2 Å². The van der Waals surface area contributed by atoms with E-state index in [4.69, 9.17) is 9.72 Å². The van der Waals surface area contributed by atoms with Gasteiger partial charge in [0.25, 0.3) is 5.91 Å². The number of pyridine rings is 1. The smallest absolute Gasteiger partial charge is 0.251 e. The highest BCUT2D eigenvalue weighted by Crippen LogP contribution is 2.42. The Balaban J connectivity index is 1.16. The minimum Gasteiger partial charge on any atom is -0.381 e. The Morgan fingerprint density at radius 1 is 1.19 bits per heavy atom. The van der Waals surface area contributed by atoms with Crippen molar-refractivity contribution >= 4 is 33.6 Å². The van der Waals surface area contributed by atoms with Gasteiger partial charge in [-0.25, -0.2) is 4.52 Å². The van der Waals surface area contributed by atoms with Crippen molar-refractivity contribution in [2.75, 3.05) is 36.5 Å². The molecule has 1 aliphatic carbocycles. The fourth-order valence-electron chi connectivity index (χ4n) is 6.32. The van der Waals surface area contributed by atoms with Gasteiger partial charge in [-0.1, -0.05) is 11.3 Å². The molecule has 1 unspecified atom stereocenters. The first-order valence-corrected chi connectivity index (χ1v) is 15.3. The molecule has 3 aliphatic rings. The van der Waals surface area contributed by atoms with Gasteiger partial charge >= 0.3 is 0 Å². The van der Waals surface area contributed by atoms with E-state index in [-0.39, 0.29) is 17.5 Å². The zero-order chi connectivity index (χ0) is 29.9. The number of aliphatic hydroxyl groups is 1. The normalized spacial score (nSPS) is 22.7. The maximum atomic E-state index is 12.5. The molecule has 6 heterocycles. The van der Waals surface area contributed by atoms with Crippen LogP contribution in [0.5, 0.6) is 0 Å². The molecule has 43 heavy (non-hydrogen) atoms. The van der Waals surface area contributed by atoms with Gasteiger partial charge in [-0.2, -0.15) is 10.4 Å². The van der Waals surface area contributed by atoms with Crippen LogP contribution < -0.4 is 15.5 Å². The largest absolute Gasteiger partial charge is 0.381 e. The van der Waals surface area contributed by atoms with E-state index in [1.807, 2.05) is 24.4 Å². The molecule has 1 amide bonds. The first-order chi connectivity index (χ1) is 20.6. The minimum absolute atomic E-state index is 0.0617. The third-order valence-corrected chi connectivity index (χ3v) is 9.69. The highest BCUT2D eigenvalue weighted by Gasteiger charge is 2.44. The number of anilines is 2. The summed E-state index contributed by atoms with van der Waals surface area (Å²) >= 11 is 1.54. The minimum atomic E-state index is -1.39. The number of piperidine rings is 1. The Bertz CT molecular complexity index is 1740. The van der Waals surface area contributed by atoms with Gasteiger partial charge in [-0.3, -0.25) is 9.78 Å². The Kier molecular flexibility index (Phi) is 6.61. The van der Waals surface area contributed by atoms with Crippen LogP contribution in [0.1, 0.15) is 39.2 Å². The molecule has 3 fully saturated rings. The summed E-state index contributed by atoms with van der Waals surface area (Å²) in [6, 6.07) is 9.89. The predicted molar refractivity (Wildman–Crippen MR) is 162 cm³/mol. The summed E-state index contributed by atoms with van der Waals surface area (Å²) < 4.78 is 7.29. The molecular formula is C30H33N9O3S. The third-order valence-electron chi connectivity index (χ3n) is 8.68. The SMILES string of the molecule is CC1(Nc2cc(-c3ccc4cc(C#N)cnn34)ncc2-c2nnc(N3C[C@H]4CC[C@@H](C3)C4NC(=O)C(C)(C)O)s2)COC1. The lowest BCUT2D eigenvalue weighted by Gasteiger charge is -2.40. The van der Waals surface area contributed by atoms with Crippen molar-refractivity contribution in [1.82, 2.24) is 30.1 Å². The third kappa shape index (κ3) is 5.09. The molecule has 2 bridgehead atoms. The molecule has 0 radical (unpaired) electrons. The summed E-state index contributed by atoms with van der Waals surface area (Å²) in [7, 11) is 0. The number of hydrogen-bond donors (Lipinski definition) is 3. The van der Waals surface area contributed by atoms with Gasteiger partial charge in [0.05, 0.1) is 53.0 Å². The molecule has 12 nitrogen and oxygen atoms in total. The summed E-state index contributed by atoms with van der Waals surface area (Å²) in [5, 5.41) is 41.4. The van der Waals surface area contributed by atoms with E-state index < -0.39 is 5.60 Å². The molecule has 2 aliphatic heterocycles. The van der Waals surface area contributed by atoms with Gasteiger partial charge in [0.15, 0.2) is 5.01 Å². The van der Waals surface area contributed by atoms with Gasteiger partial charge in [-0.15, -0.1) is 10.2 Å². The molecule has 7 rings (SSSR count). The summed E-state index contributed by atoms with van der Waals surface area (Å²) in [5.41, 5.74) is 3.02. The zero-order valence-electron chi connectivity index (χ0n) is 24.2. The monoisotopic (exact) mass is 599 g/mol. The highest BCUT2D eigenvalue weighted by atomic mass is 32.1. The number of nitrogens with zero attached hydrogens (tertiary/aromatic N) is 7. The molecule has 4 aromatic rings. The maximum Gasteiger partial charge on any atom is 0.251 e. The molecule has 222 valence electrons. The fraction of sp³-hybridized carbons (Fsp3) is 0.467. The van der Waals surface area contributed by atoms with Gasteiger partial charge in [0.2, 0.25) is 5.13 Å². The topological polar surface area (TPSA) is 154 Å². The molecular weight excluding hydrogens is 566 g/mol. The lowest BCUT2D eigenvalue weighted by Crippen LogP contribution is -2.56. The van der Waals surface area contributed by atoms with E-state index in [9.17, 15) is 15.2 Å². The van der Waals surface area contributed by atoms with E-state index >= 15 is 0 Å². The van der Waals surface area contributed by atoms with Crippen molar-refractivity contribution < 1.29 is 14.6 Å². The van der Waals surface area contributed by atoms with Crippen molar-refractivity contribution in [2.45, 2.75) is 50.8 Å². The molecule has 4 aromatic heterocycles. The number of ether oxygens (including phenoxy) is 1. The number of amides is 1. The number of aromatic nitrogens is 5. The Hall–Kier alpha value is -4.12. The molecule has 3 atom stereocenters. The number of carbonyl (C=O) groups excluding carboxylic acids is 1.